The maximum absolute atomic E-state index is 14.3. The molecule has 0 saturated heterocycles. The first-order valence-electron chi connectivity index (χ1n) is 6.32. The Morgan fingerprint density at radius 2 is 1.91 bits per heavy atom. The number of methoxy groups -OCH3 is 2. The molecule has 23 heavy (non-hydrogen) atoms. The maximum Gasteiger partial charge on any atom is 0.357 e. The Morgan fingerprint density at radius 3 is 2.43 bits per heavy atom. The van der Waals surface area contributed by atoms with E-state index in [9.17, 15) is 14.0 Å². The summed E-state index contributed by atoms with van der Waals surface area (Å²) in [6, 6.07) is 5.37. The van der Waals surface area contributed by atoms with Crippen LogP contribution in [0.3, 0.4) is 0 Å². The predicted molar refractivity (Wildman–Crippen MR) is 77.5 cm³/mol. The lowest BCUT2D eigenvalue weighted by atomic mass is 10.2. The molecule has 8 heteroatoms. The largest absolute Gasteiger partial charge is 0.465 e. The van der Waals surface area contributed by atoms with Gasteiger partial charge in [0.05, 0.1) is 36.7 Å². The van der Waals surface area contributed by atoms with Crippen LogP contribution in [0.1, 0.15) is 26.4 Å². The van der Waals surface area contributed by atoms with Crippen LogP contribution in [0.5, 0.6) is 0 Å². The molecule has 0 aliphatic rings. The van der Waals surface area contributed by atoms with Crippen molar-refractivity contribution < 1.29 is 23.5 Å². The molecule has 2 N–H and O–H groups in total. The van der Waals surface area contributed by atoms with Crippen LogP contribution in [-0.4, -0.2) is 30.7 Å². The summed E-state index contributed by atoms with van der Waals surface area (Å²) in [5.74, 6) is -2.31. The number of benzene rings is 1. The molecule has 118 valence electrons. The molecule has 1 aromatic heterocycles. The van der Waals surface area contributed by atoms with Crippen LogP contribution < -0.4 is 5.73 Å². The number of rotatable bonds is 3. The summed E-state index contributed by atoms with van der Waals surface area (Å²) in [5.41, 5.74) is 5.40. The van der Waals surface area contributed by atoms with Gasteiger partial charge in [-0.3, -0.25) is 0 Å². The number of ether oxygens (including phenoxy) is 2. The summed E-state index contributed by atoms with van der Waals surface area (Å²) in [6.07, 6.45) is 1.22. The van der Waals surface area contributed by atoms with Gasteiger partial charge >= 0.3 is 11.9 Å². The van der Waals surface area contributed by atoms with E-state index in [-0.39, 0.29) is 28.2 Å². The normalized spacial score (nSPS) is 10.0. The molecule has 0 aliphatic heterocycles. The van der Waals surface area contributed by atoms with Crippen LogP contribution >= 0.6 is 0 Å². The number of hydrogen-bond acceptors (Lipinski definition) is 6. The topological polar surface area (TPSA) is 107 Å². The molecule has 0 spiro atoms. The predicted octanol–water partition coefficient (Wildman–Crippen LogP) is 1.64. The van der Waals surface area contributed by atoms with Gasteiger partial charge < -0.3 is 19.8 Å². The fourth-order valence-electron chi connectivity index (χ4n) is 2.05. The highest BCUT2D eigenvalue weighted by Crippen LogP contribution is 2.26. The Kier molecular flexibility index (Phi) is 4.32. The minimum absolute atomic E-state index is 0.00171. The number of anilines is 1. The Bertz CT molecular complexity index is 836. The molecule has 0 saturated carbocycles. The minimum atomic E-state index is -0.819. The lowest BCUT2D eigenvalue weighted by molar-refractivity contribution is 0.0586. The van der Waals surface area contributed by atoms with Crippen LogP contribution in [0.4, 0.5) is 10.1 Å². The van der Waals surface area contributed by atoms with Gasteiger partial charge in [-0.1, -0.05) is 0 Å². The fraction of sp³-hybridized carbons (Fsp3) is 0.133. The van der Waals surface area contributed by atoms with Gasteiger partial charge in [0, 0.05) is 6.20 Å². The molecule has 1 aromatic carbocycles. The number of nitrogens with two attached hydrogens (primary N) is 1. The molecule has 2 aromatic rings. The number of nitriles is 1. The van der Waals surface area contributed by atoms with Gasteiger partial charge in [-0.15, -0.1) is 0 Å². The molecule has 0 aliphatic carbocycles. The Labute approximate surface area is 130 Å². The monoisotopic (exact) mass is 317 g/mol. The summed E-state index contributed by atoms with van der Waals surface area (Å²) in [7, 11) is 2.32. The molecule has 0 atom stereocenters. The van der Waals surface area contributed by atoms with Gasteiger partial charge in [-0.05, 0) is 18.2 Å². The first kappa shape index (κ1) is 16.0. The van der Waals surface area contributed by atoms with E-state index in [1.807, 2.05) is 6.07 Å². The Hall–Kier alpha value is -3.34. The summed E-state index contributed by atoms with van der Waals surface area (Å²) < 4.78 is 24.5. The van der Waals surface area contributed by atoms with Crippen LogP contribution in [-0.2, 0) is 9.47 Å². The van der Waals surface area contributed by atoms with Crippen molar-refractivity contribution >= 4 is 17.6 Å². The van der Waals surface area contributed by atoms with Gasteiger partial charge in [0.1, 0.15) is 11.9 Å². The molecule has 2 rings (SSSR count). The summed E-state index contributed by atoms with van der Waals surface area (Å²) in [5, 5.41) is 9.03. The molecule has 0 amide bonds. The van der Waals surface area contributed by atoms with Crippen molar-refractivity contribution in [2.75, 3.05) is 20.0 Å². The summed E-state index contributed by atoms with van der Waals surface area (Å²) in [4.78, 5) is 23.3. The molecule has 7 nitrogen and oxygen atoms in total. The molecule has 0 radical (unpaired) electrons. The Morgan fingerprint density at radius 1 is 1.26 bits per heavy atom. The van der Waals surface area contributed by atoms with Crippen molar-refractivity contribution in [1.29, 1.82) is 5.26 Å². The zero-order chi connectivity index (χ0) is 17.1. The van der Waals surface area contributed by atoms with Crippen molar-refractivity contribution in [2.24, 2.45) is 0 Å². The van der Waals surface area contributed by atoms with E-state index < -0.39 is 17.8 Å². The molecular weight excluding hydrogens is 305 g/mol. The summed E-state index contributed by atoms with van der Waals surface area (Å²) >= 11 is 0. The highest BCUT2D eigenvalue weighted by molar-refractivity contribution is 5.96. The van der Waals surface area contributed by atoms with Crippen molar-refractivity contribution in [2.45, 2.75) is 0 Å². The number of halogens is 1. The highest BCUT2D eigenvalue weighted by Gasteiger charge is 2.23. The zero-order valence-electron chi connectivity index (χ0n) is 12.3. The average molecular weight is 317 g/mol. The van der Waals surface area contributed by atoms with E-state index in [4.69, 9.17) is 11.0 Å². The van der Waals surface area contributed by atoms with Crippen molar-refractivity contribution in [3.8, 4) is 11.8 Å². The molecule has 1 heterocycles. The lowest BCUT2D eigenvalue weighted by Crippen LogP contribution is -2.12. The van der Waals surface area contributed by atoms with Gasteiger partial charge in [0.2, 0.25) is 0 Å². The van der Waals surface area contributed by atoms with Crippen molar-refractivity contribution in [3.05, 3.63) is 47.0 Å². The number of hydrogen-bond donors (Lipinski definition) is 1. The van der Waals surface area contributed by atoms with Gasteiger partial charge in [-0.25, -0.2) is 14.0 Å². The van der Waals surface area contributed by atoms with Crippen molar-refractivity contribution in [1.82, 2.24) is 4.57 Å². The van der Waals surface area contributed by atoms with Crippen LogP contribution in [0.15, 0.2) is 24.4 Å². The number of carbonyl (C=O) groups excluding carboxylic acids is 2. The van der Waals surface area contributed by atoms with E-state index >= 15 is 0 Å². The second kappa shape index (κ2) is 6.19. The first-order chi connectivity index (χ1) is 10.9. The standard InChI is InChI=1S/C15H12FN3O4/c1-22-14(20)8-3-4-11(10(16)5-8)19-7-9(6-17)12(18)13(19)15(21)23-2/h3-5,7H,18H2,1-2H3. The van der Waals surface area contributed by atoms with Gasteiger partial charge in [0.15, 0.2) is 5.69 Å². The van der Waals surface area contributed by atoms with Crippen LogP contribution in [0.2, 0.25) is 0 Å². The molecule has 0 fully saturated rings. The van der Waals surface area contributed by atoms with Gasteiger partial charge in [0.25, 0.3) is 0 Å². The van der Waals surface area contributed by atoms with E-state index in [1.165, 1.54) is 25.4 Å². The van der Waals surface area contributed by atoms with Crippen LogP contribution in [0.25, 0.3) is 5.69 Å². The minimum Gasteiger partial charge on any atom is -0.465 e. The zero-order valence-corrected chi connectivity index (χ0v) is 12.3. The molecule has 0 bridgehead atoms. The third kappa shape index (κ3) is 2.72. The van der Waals surface area contributed by atoms with E-state index in [0.29, 0.717) is 0 Å². The van der Waals surface area contributed by atoms with E-state index in [0.717, 1.165) is 17.7 Å². The first-order valence-corrected chi connectivity index (χ1v) is 6.32. The quantitative estimate of drug-likeness (QED) is 0.862. The number of carbonyl (C=O) groups is 2. The average Bonchev–Trinajstić information content (AvgIpc) is 2.89. The third-order valence-electron chi connectivity index (χ3n) is 3.17. The second-order valence-electron chi connectivity index (χ2n) is 4.44. The number of esters is 2. The SMILES string of the molecule is COC(=O)c1ccc(-n2cc(C#N)c(N)c2C(=O)OC)c(F)c1. The molecular formula is C15H12FN3O4. The summed E-state index contributed by atoms with van der Waals surface area (Å²) in [6.45, 7) is 0. The third-order valence-corrected chi connectivity index (χ3v) is 3.17. The number of aromatic nitrogens is 1. The van der Waals surface area contributed by atoms with E-state index in [1.54, 1.807) is 0 Å². The lowest BCUT2D eigenvalue weighted by Gasteiger charge is -2.10. The number of nitrogen functional groups attached to an aromatic ring is 1. The smallest absolute Gasteiger partial charge is 0.357 e. The number of nitrogens with zero attached hydrogens (tertiary/aromatic N) is 2. The van der Waals surface area contributed by atoms with Crippen molar-refractivity contribution in [3.63, 3.8) is 0 Å². The maximum atomic E-state index is 14.3. The molecule has 0 unspecified atom stereocenters. The van der Waals surface area contributed by atoms with Crippen LogP contribution in [0, 0.1) is 17.1 Å². The van der Waals surface area contributed by atoms with E-state index in [2.05, 4.69) is 9.47 Å². The second-order valence-corrected chi connectivity index (χ2v) is 4.44. The highest BCUT2D eigenvalue weighted by atomic mass is 19.1. The Balaban J connectivity index is 2.65. The fourth-order valence-corrected chi connectivity index (χ4v) is 2.05. The van der Waals surface area contributed by atoms with Gasteiger partial charge in [-0.2, -0.15) is 5.26 Å².